The molecule has 2 aliphatic rings. The van der Waals surface area contributed by atoms with Crippen molar-refractivity contribution < 1.29 is 18.7 Å². The highest BCUT2D eigenvalue weighted by Gasteiger charge is 2.36. The molecule has 31 heavy (non-hydrogen) atoms. The van der Waals surface area contributed by atoms with Crippen LogP contribution in [0.5, 0.6) is 5.75 Å². The summed E-state index contributed by atoms with van der Waals surface area (Å²) in [7, 11) is 0. The maximum absolute atomic E-state index is 13.2. The standard InChI is InChI=1S/C26H19NO4/c1-15(16-7-3-2-4-8-16)27-13-20-21(30-14-27)12-11-19-22-23(28)17-9-5-6-10-18(17)24(29)26(22)31-25(19)20/h2-12,15H,13-14H2,1H3/t15-/m1/s1. The van der Waals surface area contributed by atoms with Gasteiger partial charge in [-0.3, -0.25) is 14.5 Å². The van der Waals surface area contributed by atoms with E-state index >= 15 is 0 Å². The second-order valence-electron chi connectivity index (χ2n) is 8.04. The lowest BCUT2D eigenvalue weighted by Gasteiger charge is -2.33. The summed E-state index contributed by atoms with van der Waals surface area (Å²) in [6, 6.07) is 21.0. The van der Waals surface area contributed by atoms with Gasteiger partial charge < -0.3 is 9.15 Å². The normalized spacial score (nSPS) is 16.4. The Morgan fingerprint density at radius 2 is 1.58 bits per heavy atom. The van der Waals surface area contributed by atoms with Gasteiger partial charge >= 0.3 is 0 Å². The van der Waals surface area contributed by atoms with E-state index in [0.29, 0.717) is 40.9 Å². The lowest BCUT2D eigenvalue weighted by Crippen LogP contribution is -2.34. The summed E-state index contributed by atoms with van der Waals surface area (Å²) < 4.78 is 12.1. The number of carbonyl (C=O) groups is 2. The zero-order chi connectivity index (χ0) is 21.1. The largest absolute Gasteiger partial charge is 0.478 e. The number of ketones is 2. The van der Waals surface area contributed by atoms with Crippen LogP contribution in [0, 0.1) is 0 Å². The van der Waals surface area contributed by atoms with Gasteiger partial charge in [0.15, 0.2) is 11.5 Å². The van der Waals surface area contributed by atoms with Gasteiger partial charge in [-0.25, -0.2) is 0 Å². The number of ether oxygens (including phenoxy) is 1. The molecule has 3 aromatic carbocycles. The van der Waals surface area contributed by atoms with E-state index in [0.717, 1.165) is 11.3 Å². The molecule has 1 aliphatic heterocycles. The molecule has 0 saturated carbocycles. The molecule has 2 heterocycles. The Bertz CT molecular complexity index is 1370. The first kappa shape index (κ1) is 18.1. The third-order valence-electron chi connectivity index (χ3n) is 6.34. The zero-order valence-electron chi connectivity index (χ0n) is 16.9. The van der Waals surface area contributed by atoms with Crippen molar-refractivity contribution >= 4 is 22.5 Å². The molecule has 0 bridgehead atoms. The van der Waals surface area contributed by atoms with Crippen molar-refractivity contribution in [2.45, 2.75) is 19.5 Å². The molecule has 5 nitrogen and oxygen atoms in total. The second-order valence-corrected chi connectivity index (χ2v) is 8.04. The van der Waals surface area contributed by atoms with Crippen LogP contribution in [0.3, 0.4) is 0 Å². The van der Waals surface area contributed by atoms with Crippen molar-refractivity contribution in [1.82, 2.24) is 4.90 Å². The van der Waals surface area contributed by atoms with E-state index in [-0.39, 0.29) is 23.4 Å². The van der Waals surface area contributed by atoms with Gasteiger partial charge in [-0.05, 0) is 24.6 Å². The van der Waals surface area contributed by atoms with E-state index < -0.39 is 0 Å². The molecule has 5 heteroatoms. The molecular formula is C26H19NO4. The first-order valence-corrected chi connectivity index (χ1v) is 10.3. The highest BCUT2D eigenvalue weighted by Crippen LogP contribution is 2.41. The molecule has 0 N–H and O–H groups in total. The molecule has 6 rings (SSSR count). The molecule has 4 aromatic rings. The Kier molecular flexibility index (Phi) is 3.88. The Morgan fingerprint density at radius 3 is 2.35 bits per heavy atom. The molecule has 0 spiro atoms. The topological polar surface area (TPSA) is 59.8 Å². The molecule has 152 valence electrons. The number of benzene rings is 3. The van der Waals surface area contributed by atoms with Crippen LogP contribution in [0.1, 0.15) is 56.1 Å². The van der Waals surface area contributed by atoms with Gasteiger partial charge in [0, 0.05) is 29.1 Å². The quantitative estimate of drug-likeness (QED) is 0.405. The van der Waals surface area contributed by atoms with Crippen LogP contribution in [0.2, 0.25) is 0 Å². The lowest BCUT2D eigenvalue weighted by molar-refractivity contribution is 0.0620. The van der Waals surface area contributed by atoms with E-state index in [1.165, 1.54) is 5.56 Å². The number of hydrogen-bond donors (Lipinski definition) is 0. The van der Waals surface area contributed by atoms with Crippen LogP contribution < -0.4 is 4.74 Å². The van der Waals surface area contributed by atoms with Crippen LogP contribution >= 0.6 is 0 Å². The Labute approximate surface area is 178 Å². The number of hydrogen-bond acceptors (Lipinski definition) is 5. The summed E-state index contributed by atoms with van der Waals surface area (Å²) in [5.74, 6) is 0.435. The summed E-state index contributed by atoms with van der Waals surface area (Å²) in [5.41, 5.74) is 3.79. The van der Waals surface area contributed by atoms with Crippen molar-refractivity contribution in [1.29, 1.82) is 0 Å². The van der Waals surface area contributed by atoms with Gasteiger partial charge in [0.25, 0.3) is 0 Å². The molecule has 1 atom stereocenters. The molecule has 1 aliphatic carbocycles. The van der Waals surface area contributed by atoms with Gasteiger partial charge in [-0.1, -0.05) is 54.6 Å². The second kappa shape index (κ2) is 6.65. The Hall–Kier alpha value is -3.70. The van der Waals surface area contributed by atoms with Crippen LogP contribution in [0.15, 0.2) is 71.1 Å². The van der Waals surface area contributed by atoms with E-state index in [2.05, 4.69) is 24.0 Å². The van der Waals surface area contributed by atoms with Crippen molar-refractivity contribution in [2.24, 2.45) is 0 Å². The minimum atomic E-state index is -0.249. The van der Waals surface area contributed by atoms with Gasteiger partial charge in [0.05, 0.1) is 11.1 Å². The fourth-order valence-corrected chi connectivity index (χ4v) is 4.60. The first-order chi connectivity index (χ1) is 15.1. The van der Waals surface area contributed by atoms with E-state index in [9.17, 15) is 9.59 Å². The lowest BCUT2D eigenvalue weighted by atomic mass is 9.87. The highest BCUT2D eigenvalue weighted by atomic mass is 16.5. The fourth-order valence-electron chi connectivity index (χ4n) is 4.60. The van der Waals surface area contributed by atoms with E-state index in [4.69, 9.17) is 9.15 Å². The van der Waals surface area contributed by atoms with Crippen molar-refractivity contribution in [2.75, 3.05) is 6.73 Å². The zero-order valence-corrected chi connectivity index (χ0v) is 16.9. The van der Waals surface area contributed by atoms with Crippen molar-refractivity contribution in [3.8, 4) is 5.75 Å². The fraction of sp³-hybridized carbons (Fsp3) is 0.154. The number of furan rings is 1. The van der Waals surface area contributed by atoms with E-state index in [1.807, 2.05) is 30.3 Å². The maximum Gasteiger partial charge on any atom is 0.229 e. The van der Waals surface area contributed by atoms with Crippen LogP contribution in [0.25, 0.3) is 11.0 Å². The van der Waals surface area contributed by atoms with Crippen molar-refractivity contribution in [3.63, 3.8) is 0 Å². The summed E-state index contributed by atoms with van der Waals surface area (Å²) >= 11 is 0. The third-order valence-corrected chi connectivity index (χ3v) is 6.34. The van der Waals surface area contributed by atoms with Gasteiger partial charge in [-0.15, -0.1) is 0 Å². The minimum absolute atomic E-state index is 0.125. The summed E-state index contributed by atoms with van der Waals surface area (Å²) in [6.07, 6.45) is 0. The SMILES string of the molecule is C[C@H](c1ccccc1)N1COc2ccc3c4c(oc3c2C1)C(=O)c1ccccc1C4=O. The smallest absolute Gasteiger partial charge is 0.229 e. The predicted octanol–water partition coefficient (Wildman–Crippen LogP) is 5.12. The Balaban J connectivity index is 1.47. The summed E-state index contributed by atoms with van der Waals surface area (Å²) in [5, 5.41) is 0.666. The molecule has 0 fully saturated rings. The number of rotatable bonds is 2. The minimum Gasteiger partial charge on any atom is -0.478 e. The van der Waals surface area contributed by atoms with Gasteiger partial charge in [-0.2, -0.15) is 0 Å². The summed E-state index contributed by atoms with van der Waals surface area (Å²) in [4.78, 5) is 28.5. The van der Waals surface area contributed by atoms with E-state index in [1.54, 1.807) is 24.3 Å². The van der Waals surface area contributed by atoms with Gasteiger partial charge in [0.1, 0.15) is 18.1 Å². The molecule has 0 unspecified atom stereocenters. The molecular weight excluding hydrogens is 390 g/mol. The third kappa shape index (κ3) is 2.60. The average Bonchev–Trinajstić information content (AvgIpc) is 3.23. The monoisotopic (exact) mass is 409 g/mol. The maximum atomic E-state index is 13.2. The van der Waals surface area contributed by atoms with Crippen LogP contribution in [-0.2, 0) is 6.54 Å². The molecule has 1 aromatic heterocycles. The Morgan fingerprint density at radius 1 is 0.871 bits per heavy atom. The highest BCUT2D eigenvalue weighted by molar-refractivity contribution is 6.31. The number of fused-ring (bicyclic) bond motifs is 6. The van der Waals surface area contributed by atoms with Crippen LogP contribution in [-0.4, -0.2) is 23.2 Å². The predicted molar refractivity (Wildman–Crippen MR) is 115 cm³/mol. The number of nitrogens with zero attached hydrogens (tertiary/aromatic N) is 1. The van der Waals surface area contributed by atoms with Crippen LogP contribution in [0.4, 0.5) is 0 Å². The van der Waals surface area contributed by atoms with Gasteiger partial charge in [0.2, 0.25) is 5.78 Å². The van der Waals surface area contributed by atoms with Crippen molar-refractivity contribution in [3.05, 3.63) is 100 Å². The molecule has 0 saturated heterocycles. The number of carbonyl (C=O) groups excluding carboxylic acids is 2. The first-order valence-electron chi connectivity index (χ1n) is 10.3. The summed E-state index contributed by atoms with van der Waals surface area (Å²) in [6.45, 7) is 3.20. The molecule has 0 amide bonds. The average molecular weight is 409 g/mol. The molecule has 0 radical (unpaired) electrons.